The minimum absolute atomic E-state index is 0.290. The number of fused-ring (bicyclic) bond motifs is 1. The lowest BCUT2D eigenvalue weighted by molar-refractivity contribution is -0.132. The summed E-state index contributed by atoms with van der Waals surface area (Å²) < 4.78 is 10.8. The van der Waals surface area contributed by atoms with Crippen LogP contribution in [0.4, 0.5) is 5.69 Å². The van der Waals surface area contributed by atoms with Crippen LogP contribution < -0.4 is 14.4 Å². The van der Waals surface area contributed by atoms with Gasteiger partial charge in [-0.1, -0.05) is 41.9 Å². The van der Waals surface area contributed by atoms with Crippen LogP contribution in [0.25, 0.3) is 0 Å². The summed E-state index contributed by atoms with van der Waals surface area (Å²) in [5.74, 6) is -0.683. The highest BCUT2D eigenvalue weighted by atomic mass is 35.5. The third-order valence-electron chi connectivity index (χ3n) is 6.31. The molecule has 1 unspecified atom stereocenters. The van der Waals surface area contributed by atoms with E-state index in [0.717, 1.165) is 11.1 Å². The monoisotopic (exact) mass is 503 g/mol. The van der Waals surface area contributed by atoms with Crippen LogP contribution >= 0.6 is 11.6 Å². The topological polar surface area (TPSA) is 88.5 Å². The number of ether oxygens (including phenoxy) is 2. The van der Waals surface area contributed by atoms with Gasteiger partial charge in [0.25, 0.3) is 17.6 Å². The molecule has 0 spiro atoms. The van der Waals surface area contributed by atoms with E-state index < -0.39 is 23.6 Å². The zero-order valence-corrected chi connectivity index (χ0v) is 20.4. The zero-order chi connectivity index (χ0) is 25.4. The predicted molar refractivity (Wildman–Crippen MR) is 135 cm³/mol. The Morgan fingerprint density at radius 1 is 1.00 bits per heavy atom. The van der Waals surface area contributed by atoms with E-state index >= 15 is 0 Å². The van der Waals surface area contributed by atoms with Crippen LogP contribution in [0.2, 0.25) is 5.02 Å². The Labute approximate surface area is 212 Å². The molecule has 0 fully saturated rings. The molecule has 0 radical (unpaired) electrons. The van der Waals surface area contributed by atoms with Crippen LogP contribution in [0.15, 0.2) is 71.8 Å². The molecule has 36 heavy (non-hydrogen) atoms. The molecule has 2 aliphatic heterocycles. The number of anilines is 1. The van der Waals surface area contributed by atoms with E-state index in [1.165, 1.54) is 9.91 Å². The number of methoxy groups -OCH3 is 2. The number of Topliss-reactive ketones (excluding diaryl/α,β-unsaturated/α-hetero) is 1. The van der Waals surface area contributed by atoms with E-state index in [1.54, 1.807) is 56.7 Å². The van der Waals surface area contributed by atoms with E-state index in [4.69, 9.17) is 21.1 Å². The second kappa shape index (κ2) is 9.47. The van der Waals surface area contributed by atoms with Crippen molar-refractivity contribution in [3.63, 3.8) is 0 Å². The summed E-state index contributed by atoms with van der Waals surface area (Å²) >= 11 is 6.05. The number of carbonyl (C=O) groups is 3. The molecule has 2 amide bonds. The maximum Gasteiger partial charge on any atom is 0.299 e. The summed E-state index contributed by atoms with van der Waals surface area (Å²) in [6, 6.07) is 18.9. The molecular formula is C27H22ClN3O5. The molecule has 5 rings (SSSR count). The molecule has 0 saturated heterocycles. The van der Waals surface area contributed by atoms with Gasteiger partial charge in [-0.3, -0.25) is 19.3 Å². The van der Waals surface area contributed by atoms with Crippen LogP contribution in [-0.2, 0) is 9.59 Å². The number of nitrogens with zero attached hydrogens (tertiary/aromatic N) is 3. The summed E-state index contributed by atoms with van der Waals surface area (Å²) in [6.07, 6.45) is 0.437. The number of hydrogen-bond acceptors (Lipinski definition) is 6. The van der Waals surface area contributed by atoms with E-state index in [2.05, 4.69) is 5.10 Å². The number of para-hydroxylation sites is 1. The lowest BCUT2D eigenvalue weighted by Gasteiger charge is -2.25. The molecule has 0 N–H and O–H groups in total. The first kappa shape index (κ1) is 23.6. The number of benzene rings is 3. The SMILES string of the molecule is COc1ccc(C2CC(c3ccc(Cl)cc3)=NN2C(=O)CN2C(=O)C(=O)c3ccccc32)cc1OC. The Kier molecular flexibility index (Phi) is 6.20. The predicted octanol–water partition coefficient (Wildman–Crippen LogP) is 4.26. The normalized spacial score (nSPS) is 16.8. The third-order valence-corrected chi connectivity index (χ3v) is 6.56. The third kappa shape index (κ3) is 4.09. The zero-order valence-electron chi connectivity index (χ0n) is 19.6. The largest absolute Gasteiger partial charge is 0.493 e. The quantitative estimate of drug-likeness (QED) is 0.469. The van der Waals surface area contributed by atoms with Gasteiger partial charge in [0, 0.05) is 11.4 Å². The highest BCUT2D eigenvalue weighted by Gasteiger charge is 2.40. The van der Waals surface area contributed by atoms with E-state index in [0.29, 0.717) is 39.9 Å². The number of halogens is 1. The summed E-state index contributed by atoms with van der Waals surface area (Å²) in [6.45, 7) is -0.317. The first-order chi connectivity index (χ1) is 17.4. The van der Waals surface area contributed by atoms with Crippen molar-refractivity contribution in [3.05, 3.63) is 88.4 Å². The fourth-order valence-electron chi connectivity index (χ4n) is 4.49. The van der Waals surface area contributed by atoms with Gasteiger partial charge in [0.1, 0.15) is 6.54 Å². The summed E-state index contributed by atoms with van der Waals surface area (Å²) in [4.78, 5) is 39.9. The first-order valence-corrected chi connectivity index (χ1v) is 11.6. The molecule has 9 heteroatoms. The molecule has 0 aromatic heterocycles. The van der Waals surface area contributed by atoms with Crippen molar-refractivity contribution in [2.24, 2.45) is 5.10 Å². The average Bonchev–Trinajstić information content (AvgIpc) is 3.45. The number of hydrazone groups is 1. The molecule has 3 aromatic rings. The van der Waals surface area contributed by atoms with Crippen LogP contribution in [0.1, 0.15) is 33.9 Å². The highest BCUT2D eigenvalue weighted by Crippen LogP contribution is 2.38. The van der Waals surface area contributed by atoms with Gasteiger partial charge in [0.05, 0.1) is 37.2 Å². The molecule has 8 nitrogen and oxygen atoms in total. The number of rotatable bonds is 6. The molecule has 182 valence electrons. The van der Waals surface area contributed by atoms with Crippen LogP contribution in [0.5, 0.6) is 11.5 Å². The second-order valence-electron chi connectivity index (χ2n) is 8.36. The van der Waals surface area contributed by atoms with Gasteiger partial charge in [-0.2, -0.15) is 5.10 Å². The van der Waals surface area contributed by atoms with Crippen molar-refractivity contribution in [3.8, 4) is 11.5 Å². The minimum atomic E-state index is -0.728. The fourth-order valence-corrected chi connectivity index (χ4v) is 4.62. The van der Waals surface area contributed by atoms with Crippen molar-refractivity contribution in [1.29, 1.82) is 0 Å². The second-order valence-corrected chi connectivity index (χ2v) is 8.80. The smallest absolute Gasteiger partial charge is 0.299 e. The van der Waals surface area contributed by atoms with Crippen LogP contribution in [0, 0.1) is 0 Å². The van der Waals surface area contributed by atoms with E-state index in [9.17, 15) is 14.4 Å². The molecule has 3 aromatic carbocycles. The Balaban J connectivity index is 1.50. The molecular weight excluding hydrogens is 482 g/mol. The van der Waals surface area contributed by atoms with Crippen LogP contribution in [-0.4, -0.2) is 49.1 Å². The fraction of sp³-hybridized carbons (Fsp3) is 0.185. The number of ketones is 1. The van der Waals surface area contributed by atoms with Crippen molar-refractivity contribution in [2.45, 2.75) is 12.5 Å². The molecule has 2 aliphatic rings. The van der Waals surface area contributed by atoms with Crippen molar-refractivity contribution in [2.75, 3.05) is 25.7 Å². The van der Waals surface area contributed by atoms with Crippen molar-refractivity contribution in [1.82, 2.24) is 5.01 Å². The summed E-state index contributed by atoms with van der Waals surface area (Å²) in [5, 5.41) is 6.62. The van der Waals surface area contributed by atoms with E-state index in [-0.39, 0.29) is 6.54 Å². The number of amides is 2. The van der Waals surface area contributed by atoms with Crippen molar-refractivity contribution < 1.29 is 23.9 Å². The van der Waals surface area contributed by atoms with Gasteiger partial charge in [0.15, 0.2) is 11.5 Å². The number of carbonyl (C=O) groups excluding carboxylic acids is 3. The maximum absolute atomic E-state index is 13.6. The minimum Gasteiger partial charge on any atom is -0.493 e. The highest BCUT2D eigenvalue weighted by molar-refractivity contribution is 6.52. The first-order valence-electron chi connectivity index (χ1n) is 11.2. The molecule has 0 aliphatic carbocycles. The van der Waals surface area contributed by atoms with E-state index in [1.807, 2.05) is 24.3 Å². The standard InChI is InChI=1S/C27H22ClN3O5/c1-35-23-12-9-17(13-24(23)36-2)22-14-20(16-7-10-18(28)11-8-16)29-31(22)25(32)15-30-21-6-4-3-5-19(21)26(33)27(30)34/h3-13,22H,14-15H2,1-2H3. The lowest BCUT2D eigenvalue weighted by Crippen LogP contribution is -2.40. The maximum atomic E-state index is 13.6. The lowest BCUT2D eigenvalue weighted by atomic mass is 9.98. The Bertz CT molecular complexity index is 1400. The summed E-state index contributed by atoms with van der Waals surface area (Å²) in [5.41, 5.74) is 3.03. The molecule has 1 atom stereocenters. The molecule has 0 bridgehead atoms. The van der Waals surface area contributed by atoms with Gasteiger partial charge >= 0.3 is 0 Å². The Hall–Kier alpha value is -4.17. The van der Waals surface area contributed by atoms with Crippen LogP contribution in [0.3, 0.4) is 0 Å². The van der Waals surface area contributed by atoms with Gasteiger partial charge in [-0.05, 0) is 47.5 Å². The van der Waals surface area contributed by atoms with Crippen molar-refractivity contribution >= 4 is 40.6 Å². The average molecular weight is 504 g/mol. The van der Waals surface area contributed by atoms with Gasteiger partial charge in [-0.15, -0.1) is 0 Å². The van der Waals surface area contributed by atoms with Gasteiger partial charge < -0.3 is 9.47 Å². The molecule has 2 heterocycles. The Morgan fingerprint density at radius 2 is 1.72 bits per heavy atom. The molecule has 0 saturated carbocycles. The van der Waals surface area contributed by atoms with Gasteiger partial charge in [-0.25, -0.2) is 5.01 Å². The summed E-state index contributed by atoms with van der Waals surface area (Å²) in [7, 11) is 3.10. The Morgan fingerprint density at radius 3 is 2.44 bits per heavy atom. The number of hydrogen-bond donors (Lipinski definition) is 0. The van der Waals surface area contributed by atoms with Gasteiger partial charge in [0.2, 0.25) is 0 Å².